The van der Waals surface area contributed by atoms with Gasteiger partial charge in [-0.1, -0.05) is 16.9 Å². The quantitative estimate of drug-likeness (QED) is 0.847. The van der Waals surface area contributed by atoms with Crippen molar-refractivity contribution in [2.75, 3.05) is 20.2 Å². The zero-order valence-corrected chi connectivity index (χ0v) is 16.5. The van der Waals surface area contributed by atoms with E-state index < -0.39 is 0 Å². The van der Waals surface area contributed by atoms with Crippen molar-refractivity contribution in [3.05, 3.63) is 29.8 Å². The van der Waals surface area contributed by atoms with Gasteiger partial charge in [-0.3, -0.25) is 9.69 Å². The van der Waals surface area contributed by atoms with E-state index in [0.29, 0.717) is 22.7 Å². The van der Waals surface area contributed by atoms with Crippen LogP contribution in [-0.4, -0.2) is 53.3 Å². The smallest absolute Gasteiger partial charge is 0.294 e. The Morgan fingerprint density at radius 1 is 1.27 bits per heavy atom. The topological polar surface area (TPSA) is 67.3 Å². The molecule has 1 aromatic carbocycles. The molecule has 8 heteroatoms. The number of ether oxygens (including phenoxy) is 1. The lowest BCUT2D eigenvalue weighted by Gasteiger charge is -2.49. The fraction of sp³-hybridized carbons (Fsp3) is 0.500. The molecular weight excluding hydrogens is 368 g/mol. The average Bonchev–Trinajstić information content (AvgIpc) is 3.13. The molecule has 0 spiro atoms. The van der Waals surface area contributed by atoms with Crippen LogP contribution in [0.4, 0.5) is 0 Å². The molecule has 1 amide bonds. The van der Waals surface area contributed by atoms with Gasteiger partial charge in [0.2, 0.25) is 0 Å². The third kappa shape index (κ3) is 3.58. The second kappa shape index (κ2) is 7.54. The number of hydrogen-bond donors (Lipinski definition) is 1. The van der Waals surface area contributed by atoms with E-state index in [1.807, 2.05) is 24.3 Å². The van der Waals surface area contributed by atoms with E-state index in [0.717, 1.165) is 9.24 Å². The number of fused-ring (bicyclic) bond motifs is 3. The van der Waals surface area contributed by atoms with Crippen LogP contribution in [0.2, 0.25) is 0 Å². The van der Waals surface area contributed by atoms with Crippen LogP contribution in [0.25, 0.3) is 0 Å². The fourth-order valence-electron chi connectivity index (χ4n) is 3.88. The summed E-state index contributed by atoms with van der Waals surface area (Å²) >= 11 is 2.92. The Hall–Kier alpha value is -1.64. The Labute approximate surface area is 161 Å². The van der Waals surface area contributed by atoms with Crippen LogP contribution in [0.1, 0.15) is 30.1 Å². The van der Waals surface area contributed by atoms with Crippen molar-refractivity contribution >= 4 is 29.0 Å². The molecule has 0 unspecified atom stereocenters. The van der Waals surface area contributed by atoms with Crippen LogP contribution in [0.15, 0.2) is 33.5 Å². The second-order valence-electron chi connectivity index (χ2n) is 6.78. The minimum Gasteiger partial charge on any atom is -0.472 e. The van der Waals surface area contributed by atoms with Gasteiger partial charge in [0.05, 0.1) is 7.11 Å². The molecule has 138 valence electrons. The SMILES string of the molecule is COc1nnc(Sc2ccc(C(=O)N[C@@H]3C4CCN(CC4)[C@H]3C)cc2)s1. The monoisotopic (exact) mass is 390 g/mol. The molecule has 0 radical (unpaired) electrons. The molecule has 2 aromatic rings. The number of nitrogens with one attached hydrogen (secondary N) is 1. The van der Waals surface area contributed by atoms with Crippen LogP contribution in [0, 0.1) is 5.92 Å². The highest BCUT2D eigenvalue weighted by atomic mass is 32.2. The molecule has 3 fully saturated rings. The van der Waals surface area contributed by atoms with Crippen molar-refractivity contribution in [1.82, 2.24) is 20.4 Å². The van der Waals surface area contributed by atoms with Crippen molar-refractivity contribution in [2.24, 2.45) is 5.92 Å². The van der Waals surface area contributed by atoms with Crippen molar-refractivity contribution in [3.63, 3.8) is 0 Å². The summed E-state index contributed by atoms with van der Waals surface area (Å²) < 4.78 is 5.88. The molecule has 0 aliphatic carbocycles. The van der Waals surface area contributed by atoms with Crippen molar-refractivity contribution in [3.8, 4) is 5.19 Å². The normalized spacial score (nSPS) is 27.3. The maximum Gasteiger partial charge on any atom is 0.294 e. The number of benzene rings is 1. The van der Waals surface area contributed by atoms with Gasteiger partial charge in [-0.2, -0.15) is 0 Å². The Balaban J connectivity index is 1.39. The number of carbonyl (C=O) groups is 1. The highest BCUT2D eigenvalue weighted by Crippen LogP contribution is 2.34. The Morgan fingerprint density at radius 2 is 2.00 bits per heavy atom. The highest BCUT2D eigenvalue weighted by Gasteiger charge is 2.40. The molecule has 0 saturated carbocycles. The van der Waals surface area contributed by atoms with Crippen molar-refractivity contribution in [1.29, 1.82) is 0 Å². The number of methoxy groups -OCH3 is 1. The predicted molar refractivity (Wildman–Crippen MR) is 102 cm³/mol. The number of carbonyl (C=O) groups excluding carboxylic acids is 1. The van der Waals surface area contributed by atoms with Crippen molar-refractivity contribution < 1.29 is 9.53 Å². The maximum atomic E-state index is 12.7. The molecule has 1 N–H and O–H groups in total. The van der Waals surface area contributed by atoms with Gasteiger partial charge in [0.1, 0.15) is 0 Å². The first-order valence-electron chi connectivity index (χ1n) is 8.84. The van der Waals surface area contributed by atoms with E-state index in [4.69, 9.17) is 4.74 Å². The first-order chi connectivity index (χ1) is 12.6. The minimum atomic E-state index is 0.0183. The molecule has 3 aliphatic heterocycles. The number of hydrogen-bond acceptors (Lipinski definition) is 7. The number of rotatable bonds is 5. The minimum absolute atomic E-state index is 0.0183. The third-order valence-electron chi connectivity index (χ3n) is 5.36. The van der Waals surface area contributed by atoms with E-state index in [1.54, 1.807) is 7.11 Å². The van der Waals surface area contributed by atoms with Gasteiger partial charge in [-0.15, -0.1) is 5.10 Å². The maximum absolute atomic E-state index is 12.7. The van der Waals surface area contributed by atoms with Crippen LogP contribution in [0.3, 0.4) is 0 Å². The number of nitrogens with zero attached hydrogens (tertiary/aromatic N) is 3. The Bertz CT molecular complexity index is 770. The van der Waals surface area contributed by atoms with E-state index in [2.05, 4.69) is 27.3 Å². The lowest BCUT2D eigenvalue weighted by atomic mass is 9.79. The summed E-state index contributed by atoms with van der Waals surface area (Å²) in [5.74, 6) is 0.630. The van der Waals surface area contributed by atoms with Crippen LogP contribution >= 0.6 is 23.1 Å². The van der Waals surface area contributed by atoms with Crippen LogP contribution in [0.5, 0.6) is 5.19 Å². The summed E-state index contributed by atoms with van der Waals surface area (Å²) in [5.41, 5.74) is 0.702. The number of piperidine rings is 3. The van der Waals surface area contributed by atoms with Gasteiger partial charge in [0.25, 0.3) is 11.1 Å². The fourth-order valence-corrected chi connectivity index (χ4v) is 5.50. The van der Waals surface area contributed by atoms with E-state index in [-0.39, 0.29) is 11.9 Å². The highest BCUT2D eigenvalue weighted by molar-refractivity contribution is 8.01. The number of amides is 1. The lowest BCUT2D eigenvalue weighted by molar-refractivity contribution is 0.0217. The summed E-state index contributed by atoms with van der Waals surface area (Å²) in [6.45, 7) is 4.56. The molecule has 2 atom stereocenters. The van der Waals surface area contributed by atoms with E-state index in [1.165, 1.54) is 49.0 Å². The van der Waals surface area contributed by atoms with E-state index >= 15 is 0 Å². The Kier molecular flexibility index (Phi) is 5.15. The number of aromatic nitrogens is 2. The third-order valence-corrected chi connectivity index (χ3v) is 7.30. The molecule has 4 heterocycles. The van der Waals surface area contributed by atoms with Crippen LogP contribution in [-0.2, 0) is 0 Å². The summed E-state index contributed by atoms with van der Waals surface area (Å²) in [4.78, 5) is 16.2. The predicted octanol–water partition coefficient (Wildman–Crippen LogP) is 2.91. The van der Waals surface area contributed by atoms with Gasteiger partial charge in [0, 0.05) is 22.5 Å². The van der Waals surface area contributed by atoms with Gasteiger partial charge >= 0.3 is 0 Å². The zero-order chi connectivity index (χ0) is 18.1. The molecule has 2 bridgehead atoms. The van der Waals surface area contributed by atoms with Crippen molar-refractivity contribution in [2.45, 2.75) is 41.1 Å². The molecule has 1 aromatic heterocycles. The molecular formula is C18H22N4O2S2. The lowest BCUT2D eigenvalue weighted by Crippen LogP contribution is -2.62. The van der Waals surface area contributed by atoms with Gasteiger partial charge in [-0.05, 0) is 74.4 Å². The van der Waals surface area contributed by atoms with Gasteiger partial charge in [-0.25, -0.2) is 0 Å². The largest absolute Gasteiger partial charge is 0.472 e. The standard InChI is InChI=1S/C18H22N4O2S2/c1-11-15(12-7-9-22(11)10-8-12)19-16(23)13-3-5-14(6-4-13)25-18-21-20-17(24-2)26-18/h3-6,11-12,15H,7-10H2,1-2H3,(H,19,23)/t11-,15-/m0/s1. The molecule has 26 heavy (non-hydrogen) atoms. The average molecular weight is 391 g/mol. The first-order valence-corrected chi connectivity index (χ1v) is 10.5. The summed E-state index contributed by atoms with van der Waals surface area (Å²) in [5, 5.41) is 11.8. The first kappa shape index (κ1) is 17.8. The van der Waals surface area contributed by atoms with Gasteiger partial charge in [0.15, 0.2) is 4.34 Å². The zero-order valence-electron chi connectivity index (χ0n) is 14.8. The van der Waals surface area contributed by atoms with E-state index in [9.17, 15) is 4.79 Å². The van der Waals surface area contributed by atoms with Crippen LogP contribution < -0.4 is 10.1 Å². The summed E-state index contributed by atoms with van der Waals surface area (Å²) in [6, 6.07) is 8.34. The summed E-state index contributed by atoms with van der Waals surface area (Å²) in [6.07, 6.45) is 2.38. The molecule has 6 nitrogen and oxygen atoms in total. The molecule has 3 saturated heterocycles. The van der Waals surface area contributed by atoms with Gasteiger partial charge < -0.3 is 10.1 Å². The summed E-state index contributed by atoms with van der Waals surface area (Å²) in [7, 11) is 1.58. The molecule has 3 aliphatic rings. The second-order valence-corrected chi connectivity index (χ2v) is 9.04. The Morgan fingerprint density at radius 3 is 2.62 bits per heavy atom. The molecule has 5 rings (SSSR count).